The average Bonchev–Trinajstić information content (AvgIpc) is 3.50. The zero-order valence-electron chi connectivity index (χ0n) is 24.4. The molecule has 7 nitrogen and oxygen atoms in total. The maximum atomic E-state index is 13.3. The second kappa shape index (κ2) is 14.6. The van der Waals surface area contributed by atoms with Crippen LogP contribution in [0.15, 0.2) is 119 Å². The van der Waals surface area contributed by atoms with Gasteiger partial charge in [-0.05, 0) is 86.2 Å². The maximum Gasteiger partial charge on any atom is 0.272 e. The molecule has 3 N–H and O–H groups in total. The van der Waals surface area contributed by atoms with E-state index in [0.29, 0.717) is 22.1 Å². The first-order chi connectivity index (χ1) is 21.7. The van der Waals surface area contributed by atoms with Gasteiger partial charge in [0.05, 0.1) is 10.9 Å². The van der Waals surface area contributed by atoms with Crippen molar-refractivity contribution in [2.75, 3.05) is 10.6 Å². The van der Waals surface area contributed by atoms with Crippen LogP contribution in [0, 0.1) is 12.7 Å². The second-order valence-electron chi connectivity index (χ2n) is 10.1. The highest BCUT2D eigenvalue weighted by molar-refractivity contribution is 8.00. The van der Waals surface area contributed by atoms with E-state index in [1.165, 1.54) is 35.2 Å². The van der Waals surface area contributed by atoms with Crippen LogP contribution in [0.2, 0.25) is 0 Å². The molecule has 0 radical (unpaired) electrons. The predicted molar refractivity (Wildman–Crippen MR) is 180 cm³/mol. The molecule has 0 saturated heterocycles. The lowest BCUT2D eigenvalue weighted by Crippen LogP contribution is -2.30. The molecule has 0 spiro atoms. The van der Waals surface area contributed by atoms with Gasteiger partial charge in [0.1, 0.15) is 11.5 Å². The van der Waals surface area contributed by atoms with Crippen molar-refractivity contribution < 1.29 is 18.8 Å². The second-order valence-corrected chi connectivity index (χ2v) is 12.3. The van der Waals surface area contributed by atoms with Gasteiger partial charge in [0.15, 0.2) is 5.13 Å². The molecule has 226 valence electrons. The molecule has 0 fully saturated rings. The molecule has 10 heteroatoms. The fourth-order valence-corrected chi connectivity index (χ4v) is 5.82. The monoisotopic (exact) mass is 636 g/mol. The first-order valence-corrected chi connectivity index (χ1v) is 15.7. The Kier molecular flexibility index (Phi) is 10.2. The van der Waals surface area contributed by atoms with E-state index in [4.69, 9.17) is 0 Å². The van der Waals surface area contributed by atoms with Gasteiger partial charge in [-0.2, -0.15) is 0 Å². The number of carbonyl (C=O) groups is 3. The number of nitrogens with one attached hydrogen (secondary N) is 3. The summed E-state index contributed by atoms with van der Waals surface area (Å²) < 4.78 is 13.2. The molecule has 0 saturated carbocycles. The van der Waals surface area contributed by atoms with Crippen molar-refractivity contribution >= 4 is 57.7 Å². The van der Waals surface area contributed by atoms with Gasteiger partial charge in [0.2, 0.25) is 5.91 Å². The number of halogens is 1. The molecule has 1 aromatic heterocycles. The Balaban J connectivity index is 1.21. The molecule has 1 unspecified atom stereocenters. The molecule has 45 heavy (non-hydrogen) atoms. The van der Waals surface area contributed by atoms with E-state index in [0.717, 1.165) is 21.6 Å². The maximum absolute atomic E-state index is 13.3. The molecular formula is C35H29FN4O3S2. The molecule has 0 aliphatic carbocycles. The van der Waals surface area contributed by atoms with Crippen molar-refractivity contribution in [2.24, 2.45) is 0 Å². The number of thiazole rings is 1. The van der Waals surface area contributed by atoms with Crippen molar-refractivity contribution in [2.45, 2.75) is 24.0 Å². The fraction of sp³-hybridized carbons (Fsp3) is 0.0857. The Bertz CT molecular complexity index is 1840. The van der Waals surface area contributed by atoms with Crippen LogP contribution in [0.3, 0.4) is 0 Å². The van der Waals surface area contributed by atoms with E-state index < -0.39 is 17.1 Å². The van der Waals surface area contributed by atoms with Crippen molar-refractivity contribution in [3.63, 3.8) is 0 Å². The summed E-state index contributed by atoms with van der Waals surface area (Å²) >= 11 is 2.66. The number of aryl methyl sites for hydroxylation is 1. The molecule has 5 rings (SSSR count). The first kappa shape index (κ1) is 31.4. The van der Waals surface area contributed by atoms with Gasteiger partial charge in [-0.25, -0.2) is 9.37 Å². The molecule has 1 heterocycles. The number of anilines is 2. The van der Waals surface area contributed by atoms with Crippen LogP contribution < -0.4 is 16.0 Å². The van der Waals surface area contributed by atoms with Crippen molar-refractivity contribution in [3.05, 3.63) is 137 Å². The Morgan fingerprint density at radius 1 is 0.889 bits per heavy atom. The first-order valence-electron chi connectivity index (χ1n) is 14.0. The molecule has 0 aliphatic heterocycles. The van der Waals surface area contributed by atoms with Crippen LogP contribution in [-0.4, -0.2) is 28.0 Å². The third-order valence-corrected chi connectivity index (χ3v) is 8.42. The lowest BCUT2D eigenvalue weighted by atomic mass is 10.1. The van der Waals surface area contributed by atoms with E-state index in [1.54, 1.807) is 61.5 Å². The van der Waals surface area contributed by atoms with Gasteiger partial charge >= 0.3 is 0 Å². The zero-order valence-corrected chi connectivity index (χ0v) is 26.0. The number of benzene rings is 4. The zero-order chi connectivity index (χ0) is 31.8. The normalized spacial score (nSPS) is 11.8. The van der Waals surface area contributed by atoms with Crippen LogP contribution in [0.4, 0.5) is 15.2 Å². The number of hydrogen-bond acceptors (Lipinski definition) is 6. The summed E-state index contributed by atoms with van der Waals surface area (Å²) in [5.41, 5.74) is 4.28. The van der Waals surface area contributed by atoms with Crippen molar-refractivity contribution in [1.29, 1.82) is 0 Å². The number of aromatic nitrogens is 1. The Morgan fingerprint density at radius 3 is 2.33 bits per heavy atom. The quantitative estimate of drug-likeness (QED) is 0.107. The van der Waals surface area contributed by atoms with Gasteiger partial charge < -0.3 is 16.0 Å². The Hall–Kier alpha value is -5.06. The van der Waals surface area contributed by atoms with Gasteiger partial charge in [0.25, 0.3) is 11.8 Å². The van der Waals surface area contributed by atoms with Crippen LogP contribution >= 0.6 is 23.1 Å². The van der Waals surface area contributed by atoms with E-state index in [2.05, 4.69) is 20.9 Å². The molecule has 3 amide bonds. The third kappa shape index (κ3) is 8.75. The summed E-state index contributed by atoms with van der Waals surface area (Å²) in [4.78, 5) is 44.3. The predicted octanol–water partition coefficient (Wildman–Crippen LogP) is 7.79. The summed E-state index contributed by atoms with van der Waals surface area (Å²) in [5.74, 6) is -1.40. The van der Waals surface area contributed by atoms with Gasteiger partial charge in [-0.1, -0.05) is 48.0 Å². The fourth-order valence-electron chi connectivity index (χ4n) is 4.23. The number of hydrogen-bond donors (Lipinski definition) is 3. The summed E-state index contributed by atoms with van der Waals surface area (Å²) in [6.07, 6.45) is 1.64. The molecule has 0 aliphatic rings. The molecular weight excluding hydrogens is 608 g/mol. The van der Waals surface area contributed by atoms with Gasteiger partial charge in [0, 0.05) is 27.1 Å². The van der Waals surface area contributed by atoms with E-state index in [9.17, 15) is 18.8 Å². The highest BCUT2D eigenvalue weighted by Crippen LogP contribution is 2.28. The third-order valence-electron chi connectivity index (χ3n) is 6.55. The van der Waals surface area contributed by atoms with E-state index in [-0.39, 0.29) is 17.4 Å². The van der Waals surface area contributed by atoms with Crippen molar-refractivity contribution in [3.8, 4) is 11.3 Å². The molecule has 1 atom stereocenters. The summed E-state index contributed by atoms with van der Waals surface area (Å²) in [5, 5.41) is 10.3. The Labute approximate surface area is 268 Å². The smallest absolute Gasteiger partial charge is 0.272 e. The summed E-state index contributed by atoms with van der Waals surface area (Å²) in [6.45, 7) is 3.75. The van der Waals surface area contributed by atoms with Gasteiger partial charge in [-0.3, -0.25) is 14.4 Å². The van der Waals surface area contributed by atoms with Gasteiger partial charge in [-0.15, -0.1) is 23.1 Å². The van der Waals surface area contributed by atoms with Crippen LogP contribution in [0.25, 0.3) is 17.3 Å². The minimum Gasteiger partial charge on any atom is -0.321 e. The largest absolute Gasteiger partial charge is 0.321 e. The van der Waals surface area contributed by atoms with Crippen LogP contribution in [0.5, 0.6) is 0 Å². The molecule has 4 aromatic carbocycles. The minimum absolute atomic E-state index is 0.1000. The Morgan fingerprint density at radius 2 is 1.62 bits per heavy atom. The summed E-state index contributed by atoms with van der Waals surface area (Å²) in [7, 11) is 0. The number of nitrogens with zero attached hydrogens (tertiary/aromatic N) is 1. The lowest BCUT2D eigenvalue weighted by molar-refractivity contribution is -0.115. The minimum atomic E-state index is -0.475. The molecule has 0 bridgehead atoms. The van der Waals surface area contributed by atoms with Crippen molar-refractivity contribution in [1.82, 2.24) is 10.3 Å². The molecule has 5 aromatic rings. The van der Waals surface area contributed by atoms with Crippen LogP contribution in [-0.2, 0) is 9.59 Å². The highest BCUT2D eigenvalue weighted by Gasteiger charge is 2.18. The standard InChI is InChI=1S/C35H29FN4O3S2/c1-22-7-6-8-24(19-22)20-30(38-33(42)26-9-4-3-5-10-26)34(43)37-28-15-17-29(18-16-28)45-23(2)32(41)40-35-39-31(21-44-35)25-11-13-27(36)14-12-25/h3-21,23H,1-2H3,(H,37,43)(H,38,42)(H,39,40,41)/b30-20-. The topological polar surface area (TPSA) is 100 Å². The van der Waals surface area contributed by atoms with E-state index in [1.807, 2.05) is 54.8 Å². The van der Waals surface area contributed by atoms with E-state index >= 15 is 0 Å². The number of thioether (sulfide) groups is 1. The lowest BCUT2D eigenvalue weighted by Gasteiger charge is -2.13. The SMILES string of the molecule is Cc1cccc(/C=C(\NC(=O)c2ccccc2)C(=O)Nc2ccc(SC(C)C(=O)Nc3nc(-c4ccc(F)cc4)cs3)cc2)c1. The number of carbonyl (C=O) groups excluding carboxylic acids is 3. The highest BCUT2D eigenvalue weighted by atomic mass is 32.2. The number of amides is 3. The average molecular weight is 637 g/mol. The number of rotatable bonds is 10. The van der Waals surface area contributed by atoms with Crippen LogP contribution in [0.1, 0.15) is 28.4 Å². The summed E-state index contributed by atoms with van der Waals surface area (Å²) in [6, 6.07) is 29.4.